The van der Waals surface area contributed by atoms with E-state index in [1.807, 2.05) is 70.2 Å². The Balaban J connectivity index is 1.78. The predicted molar refractivity (Wildman–Crippen MR) is 127 cm³/mol. The Labute approximate surface area is 190 Å². The minimum Gasteiger partial charge on any atom is -0.491 e. The van der Waals surface area contributed by atoms with E-state index < -0.39 is 0 Å². The SMILES string of the molecule is Cc1ccc(N2C(=O)C(c3ccc(OC(C)C)cc3)=C(N3CCN(C)CC3)C2=O)c(C)c1. The Kier molecular flexibility index (Phi) is 6.07. The quantitative estimate of drug-likeness (QED) is 0.674. The first kappa shape index (κ1) is 22.1. The van der Waals surface area contributed by atoms with Gasteiger partial charge >= 0.3 is 0 Å². The van der Waals surface area contributed by atoms with Crippen LogP contribution >= 0.6 is 0 Å². The van der Waals surface area contributed by atoms with Gasteiger partial charge in [-0.25, -0.2) is 4.90 Å². The second-order valence-corrected chi connectivity index (χ2v) is 8.94. The molecule has 0 N–H and O–H groups in total. The Morgan fingerprint density at radius 3 is 2.12 bits per heavy atom. The molecule has 0 spiro atoms. The van der Waals surface area contributed by atoms with Crippen LogP contribution in [-0.4, -0.2) is 60.9 Å². The van der Waals surface area contributed by atoms with Crippen molar-refractivity contribution in [3.63, 3.8) is 0 Å². The van der Waals surface area contributed by atoms with Gasteiger partial charge in [0.2, 0.25) is 0 Å². The molecule has 2 aromatic rings. The minimum absolute atomic E-state index is 0.0654. The molecule has 168 valence electrons. The Morgan fingerprint density at radius 2 is 1.53 bits per heavy atom. The lowest BCUT2D eigenvalue weighted by molar-refractivity contribution is -0.120. The van der Waals surface area contributed by atoms with Crippen LogP contribution in [0.2, 0.25) is 0 Å². The summed E-state index contributed by atoms with van der Waals surface area (Å²) in [6, 6.07) is 13.3. The summed E-state index contributed by atoms with van der Waals surface area (Å²) in [4.78, 5) is 33.1. The zero-order valence-corrected chi connectivity index (χ0v) is 19.5. The predicted octanol–water partition coefficient (Wildman–Crippen LogP) is 3.62. The highest BCUT2D eigenvalue weighted by molar-refractivity contribution is 6.45. The van der Waals surface area contributed by atoms with E-state index in [0.717, 1.165) is 35.5 Å². The number of hydrogen-bond donors (Lipinski definition) is 0. The van der Waals surface area contributed by atoms with Crippen molar-refractivity contribution in [3.05, 3.63) is 64.9 Å². The molecule has 2 aromatic carbocycles. The molecule has 0 radical (unpaired) electrons. The number of imide groups is 1. The molecule has 0 bridgehead atoms. The van der Waals surface area contributed by atoms with Crippen LogP contribution in [0.3, 0.4) is 0 Å². The second-order valence-electron chi connectivity index (χ2n) is 8.94. The summed E-state index contributed by atoms with van der Waals surface area (Å²) in [5.74, 6) is 0.228. The van der Waals surface area contributed by atoms with Gasteiger partial charge in [-0.15, -0.1) is 0 Å². The van der Waals surface area contributed by atoms with Crippen LogP contribution < -0.4 is 9.64 Å². The fourth-order valence-corrected chi connectivity index (χ4v) is 4.35. The summed E-state index contributed by atoms with van der Waals surface area (Å²) in [5.41, 5.74) is 4.36. The molecule has 0 aromatic heterocycles. The summed E-state index contributed by atoms with van der Waals surface area (Å²) in [6.45, 7) is 11.0. The maximum absolute atomic E-state index is 13.7. The molecule has 0 atom stereocenters. The first-order chi connectivity index (χ1) is 15.3. The summed E-state index contributed by atoms with van der Waals surface area (Å²) in [6.07, 6.45) is 0.0654. The molecular weight excluding hydrogens is 402 g/mol. The molecule has 6 heteroatoms. The lowest BCUT2D eigenvalue weighted by Crippen LogP contribution is -2.46. The van der Waals surface area contributed by atoms with Crippen LogP contribution in [0.15, 0.2) is 48.2 Å². The van der Waals surface area contributed by atoms with Crippen molar-refractivity contribution in [2.24, 2.45) is 0 Å². The Morgan fingerprint density at radius 1 is 0.875 bits per heavy atom. The van der Waals surface area contributed by atoms with E-state index in [0.29, 0.717) is 30.0 Å². The van der Waals surface area contributed by atoms with Crippen LogP contribution in [0.4, 0.5) is 5.69 Å². The van der Waals surface area contributed by atoms with E-state index >= 15 is 0 Å². The standard InChI is InChI=1S/C26H31N3O3/c1-17(2)32-21-9-7-20(8-10-21)23-24(28-14-12-27(5)13-15-28)26(31)29(25(23)30)22-11-6-18(3)16-19(22)4/h6-11,16-17H,12-15H2,1-5H3. The summed E-state index contributed by atoms with van der Waals surface area (Å²) < 4.78 is 5.76. The molecule has 6 nitrogen and oxygen atoms in total. The van der Waals surface area contributed by atoms with Gasteiger partial charge in [-0.1, -0.05) is 29.8 Å². The smallest absolute Gasteiger partial charge is 0.282 e. The Bertz CT molecular complexity index is 1060. The van der Waals surface area contributed by atoms with E-state index in [1.54, 1.807) is 0 Å². The van der Waals surface area contributed by atoms with Gasteiger partial charge in [-0.3, -0.25) is 9.59 Å². The number of carbonyl (C=O) groups excluding carboxylic acids is 2. The van der Waals surface area contributed by atoms with Crippen molar-refractivity contribution in [3.8, 4) is 5.75 Å². The Hall–Kier alpha value is -3.12. The molecule has 4 rings (SSSR count). The van der Waals surface area contributed by atoms with E-state index in [4.69, 9.17) is 4.74 Å². The first-order valence-electron chi connectivity index (χ1n) is 11.2. The summed E-state index contributed by atoms with van der Waals surface area (Å²) in [5, 5.41) is 0. The van der Waals surface area contributed by atoms with Crippen LogP contribution in [0, 0.1) is 13.8 Å². The van der Waals surface area contributed by atoms with Gasteiger partial charge in [0.25, 0.3) is 11.8 Å². The largest absolute Gasteiger partial charge is 0.491 e. The molecule has 0 aliphatic carbocycles. The zero-order valence-electron chi connectivity index (χ0n) is 19.5. The molecule has 2 aliphatic heterocycles. The van der Waals surface area contributed by atoms with Crippen molar-refractivity contribution < 1.29 is 14.3 Å². The van der Waals surface area contributed by atoms with Gasteiger partial charge < -0.3 is 14.5 Å². The van der Waals surface area contributed by atoms with Crippen molar-refractivity contribution in [2.75, 3.05) is 38.1 Å². The van der Waals surface area contributed by atoms with Crippen molar-refractivity contribution in [2.45, 2.75) is 33.8 Å². The molecule has 2 heterocycles. The number of nitrogens with zero attached hydrogens (tertiary/aromatic N) is 3. The number of ether oxygens (including phenoxy) is 1. The van der Waals surface area contributed by atoms with Gasteiger partial charge in [0, 0.05) is 26.2 Å². The molecule has 2 amide bonds. The number of amides is 2. The van der Waals surface area contributed by atoms with Crippen molar-refractivity contribution in [1.29, 1.82) is 0 Å². The maximum Gasteiger partial charge on any atom is 0.282 e. The minimum atomic E-state index is -0.270. The number of likely N-dealkylation sites (N-methyl/N-ethyl adjacent to an activating group) is 1. The molecule has 2 aliphatic rings. The van der Waals surface area contributed by atoms with Crippen LogP contribution in [0.5, 0.6) is 5.75 Å². The fraction of sp³-hybridized carbons (Fsp3) is 0.385. The molecule has 1 saturated heterocycles. The van der Waals surface area contributed by atoms with Crippen LogP contribution in [-0.2, 0) is 9.59 Å². The molecule has 0 saturated carbocycles. The van der Waals surface area contributed by atoms with Gasteiger partial charge in [-0.05, 0) is 64.1 Å². The van der Waals surface area contributed by atoms with Crippen LogP contribution in [0.25, 0.3) is 5.57 Å². The topological polar surface area (TPSA) is 53.1 Å². The molecule has 1 fully saturated rings. The maximum atomic E-state index is 13.7. The molecular formula is C26H31N3O3. The number of piperazine rings is 1. The second kappa shape index (κ2) is 8.79. The van der Waals surface area contributed by atoms with Gasteiger partial charge in [0.05, 0.1) is 17.4 Å². The first-order valence-corrected chi connectivity index (χ1v) is 11.2. The zero-order chi connectivity index (χ0) is 23.0. The van der Waals surface area contributed by atoms with Gasteiger partial charge in [-0.2, -0.15) is 0 Å². The average molecular weight is 434 g/mol. The number of rotatable bonds is 5. The highest BCUT2D eigenvalue weighted by Gasteiger charge is 2.43. The van der Waals surface area contributed by atoms with E-state index in [-0.39, 0.29) is 17.9 Å². The monoisotopic (exact) mass is 433 g/mol. The number of benzene rings is 2. The highest BCUT2D eigenvalue weighted by atomic mass is 16.5. The highest BCUT2D eigenvalue weighted by Crippen LogP contribution is 2.37. The lowest BCUT2D eigenvalue weighted by Gasteiger charge is -2.34. The average Bonchev–Trinajstić information content (AvgIpc) is 2.99. The number of anilines is 1. The third kappa shape index (κ3) is 4.15. The third-order valence-corrected chi connectivity index (χ3v) is 5.99. The van der Waals surface area contributed by atoms with Crippen molar-refractivity contribution >= 4 is 23.1 Å². The molecule has 0 unspecified atom stereocenters. The number of hydrogen-bond acceptors (Lipinski definition) is 5. The summed E-state index contributed by atoms with van der Waals surface area (Å²) >= 11 is 0. The number of carbonyl (C=O) groups is 2. The van der Waals surface area contributed by atoms with Gasteiger partial charge in [0.1, 0.15) is 11.4 Å². The van der Waals surface area contributed by atoms with E-state index in [9.17, 15) is 9.59 Å². The van der Waals surface area contributed by atoms with Crippen LogP contribution in [0.1, 0.15) is 30.5 Å². The summed E-state index contributed by atoms with van der Waals surface area (Å²) in [7, 11) is 2.07. The molecule has 32 heavy (non-hydrogen) atoms. The number of aryl methyl sites for hydroxylation is 2. The van der Waals surface area contributed by atoms with Gasteiger partial charge in [0.15, 0.2) is 0 Å². The normalized spacial score (nSPS) is 17.7. The third-order valence-electron chi connectivity index (χ3n) is 5.99. The van der Waals surface area contributed by atoms with E-state index in [1.165, 1.54) is 4.90 Å². The fourth-order valence-electron chi connectivity index (χ4n) is 4.35. The van der Waals surface area contributed by atoms with Crippen molar-refractivity contribution in [1.82, 2.24) is 9.80 Å². The van der Waals surface area contributed by atoms with E-state index in [2.05, 4.69) is 16.8 Å². The lowest BCUT2D eigenvalue weighted by atomic mass is 10.0.